The summed E-state index contributed by atoms with van der Waals surface area (Å²) in [6.07, 6.45) is 1.65. The van der Waals surface area contributed by atoms with E-state index in [-0.39, 0.29) is 46.4 Å². The molecule has 1 aliphatic rings. The normalized spacial score (nSPS) is 13.8. The lowest BCUT2D eigenvalue weighted by Gasteiger charge is -2.16. The summed E-state index contributed by atoms with van der Waals surface area (Å²) in [5.74, 6) is -1.77. The molecule has 1 saturated carbocycles. The van der Waals surface area contributed by atoms with Gasteiger partial charge < -0.3 is 19.5 Å². The fourth-order valence-electron chi connectivity index (χ4n) is 4.07. The second-order valence-electron chi connectivity index (χ2n) is 7.96. The van der Waals surface area contributed by atoms with Gasteiger partial charge in [-0.25, -0.2) is 13.8 Å². The standard InChI is InChI=1S/C23H19F2N3O4/c1-10-13(15-7-17(25)18(26)8-16(15)24)5-6-14-21(10)28(12-3-4-12)23(30)20-22(14)32-19(27-20)9-31-11(2)29/h5-8,12H,3-4,9,26H2,1-2H3. The molecule has 0 spiro atoms. The Morgan fingerprint density at radius 3 is 2.69 bits per heavy atom. The molecule has 2 N–H and O–H groups in total. The number of aryl methyl sites for hydroxylation is 1. The molecule has 0 amide bonds. The lowest BCUT2D eigenvalue weighted by atomic mass is 9.96. The first-order chi connectivity index (χ1) is 15.3. The van der Waals surface area contributed by atoms with Crippen LogP contribution in [-0.4, -0.2) is 15.5 Å². The van der Waals surface area contributed by atoms with Crippen LogP contribution in [0.3, 0.4) is 0 Å². The van der Waals surface area contributed by atoms with Crippen LogP contribution in [0.15, 0.2) is 33.5 Å². The quantitative estimate of drug-likeness (QED) is 0.374. The molecule has 0 bridgehead atoms. The number of ether oxygens (including phenoxy) is 1. The summed E-state index contributed by atoms with van der Waals surface area (Å²) < 4.78 is 41.1. The van der Waals surface area contributed by atoms with Crippen LogP contribution in [0, 0.1) is 18.6 Å². The van der Waals surface area contributed by atoms with Crippen molar-refractivity contribution in [2.75, 3.05) is 5.73 Å². The Morgan fingerprint density at radius 1 is 1.25 bits per heavy atom. The van der Waals surface area contributed by atoms with Gasteiger partial charge in [0.25, 0.3) is 5.56 Å². The molecule has 2 heterocycles. The highest BCUT2D eigenvalue weighted by Gasteiger charge is 2.30. The predicted molar refractivity (Wildman–Crippen MR) is 114 cm³/mol. The van der Waals surface area contributed by atoms with Crippen LogP contribution in [0.25, 0.3) is 33.1 Å². The van der Waals surface area contributed by atoms with Gasteiger partial charge in [-0.1, -0.05) is 6.07 Å². The van der Waals surface area contributed by atoms with Gasteiger partial charge >= 0.3 is 5.97 Å². The number of aromatic nitrogens is 2. The van der Waals surface area contributed by atoms with Crippen molar-refractivity contribution in [3.8, 4) is 11.1 Å². The summed E-state index contributed by atoms with van der Waals surface area (Å²) in [6, 6.07) is 5.35. The molecule has 2 aromatic carbocycles. The summed E-state index contributed by atoms with van der Waals surface area (Å²) in [4.78, 5) is 28.7. The highest BCUT2D eigenvalue weighted by Crippen LogP contribution is 2.41. The maximum absolute atomic E-state index is 14.7. The molecule has 5 rings (SSSR count). The Labute approximate surface area is 180 Å². The van der Waals surface area contributed by atoms with E-state index < -0.39 is 17.6 Å². The number of hydrogen-bond acceptors (Lipinski definition) is 6. The number of nitrogen functional groups attached to an aromatic ring is 1. The van der Waals surface area contributed by atoms with E-state index in [4.69, 9.17) is 14.9 Å². The van der Waals surface area contributed by atoms with E-state index in [9.17, 15) is 18.4 Å². The molecule has 1 fully saturated rings. The second-order valence-corrected chi connectivity index (χ2v) is 7.96. The maximum Gasteiger partial charge on any atom is 0.303 e. The SMILES string of the molecule is CC(=O)OCc1nc2c(=O)n(C3CC3)c3c(C)c(-c4cc(F)c(N)cc4F)ccc3c2o1. The highest BCUT2D eigenvalue weighted by molar-refractivity contribution is 6.04. The maximum atomic E-state index is 14.7. The highest BCUT2D eigenvalue weighted by atomic mass is 19.1. The molecule has 0 aliphatic heterocycles. The minimum atomic E-state index is -0.721. The lowest BCUT2D eigenvalue weighted by Crippen LogP contribution is -2.21. The van der Waals surface area contributed by atoms with Crippen LogP contribution in [0.4, 0.5) is 14.5 Å². The lowest BCUT2D eigenvalue weighted by molar-refractivity contribution is -0.142. The molecule has 32 heavy (non-hydrogen) atoms. The number of rotatable bonds is 4. The van der Waals surface area contributed by atoms with Crippen LogP contribution in [0.2, 0.25) is 0 Å². The number of nitrogens with two attached hydrogens (primary N) is 1. The van der Waals surface area contributed by atoms with Crippen LogP contribution in [0.5, 0.6) is 0 Å². The van der Waals surface area contributed by atoms with Crippen molar-refractivity contribution in [2.45, 2.75) is 39.3 Å². The molecule has 0 saturated heterocycles. The number of esters is 1. The number of anilines is 1. The van der Waals surface area contributed by atoms with Crippen LogP contribution in [0.1, 0.15) is 37.3 Å². The molecule has 7 nitrogen and oxygen atoms in total. The molecular formula is C23H19F2N3O4. The average molecular weight is 439 g/mol. The van der Waals surface area contributed by atoms with Crippen molar-refractivity contribution in [1.82, 2.24) is 9.55 Å². The Bertz CT molecular complexity index is 1480. The zero-order valence-corrected chi connectivity index (χ0v) is 17.4. The van der Waals surface area contributed by atoms with Crippen molar-refractivity contribution in [3.05, 3.63) is 57.7 Å². The topological polar surface area (TPSA) is 100 Å². The third-order valence-electron chi connectivity index (χ3n) is 5.70. The Kier molecular flexibility index (Phi) is 4.51. The van der Waals surface area contributed by atoms with Crippen LogP contribution < -0.4 is 11.3 Å². The molecule has 0 radical (unpaired) electrons. The van der Waals surface area contributed by atoms with E-state index in [1.165, 1.54) is 6.92 Å². The van der Waals surface area contributed by atoms with Gasteiger partial charge in [-0.2, -0.15) is 0 Å². The summed E-state index contributed by atoms with van der Waals surface area (Å²) in [5, 5.41) is 0.616. The first-order valence-electron chi connectivity index (χ1n) is 10.1. The molecule has 1 aliphatic carbocycles. The van der Waals surface area contributed by atoms with E-state index in [0.29, 0.717) is 22.0 Å². The van der Waals surface area contributed by atoms with E-state index in [1.807, 2.05) is 0 Å². The Balaban J connectivity index is 1.80. The zero-order chi connectivity index (χ0) is 22.7. The van der Waals surface area contributed by atoms with Crippen molar-refractivity contribution in [2.24, 2.45) is 0 Å². The average Bonchev–Trinajstić information content (AvgIpc) is 3.48. The van der Waals surface area contributed by atoms with Crippen LogP contribution in [-0.2, 0) is 16.1 Å². The smallest absolute Gasteiger partial charge is 0.303 e. The number of oxazole rings is 1. The van der Waals surface area contributed by atoms with Gasteiger partial charge in [-0.15, -0.1) is 0 Å². The van der Waals surface area contributed by atoms with E-state index in [2.05, 4.69) is 4.98 Å². The zero-order valence-electron chi connectivity index (χ0n) is 17.4. The van der Waals surface area contributed by atoms with Crippen molar-refractivity contribution in [3.63, 3.8) is 0 Å². The molecule has 164 valence electrons. The molecule has 0 unspecified atom stereocenters. The number of halogens is 2. The number of carbonyl (C=O) groups excluding carboxylic acids is 1. The number of pyridine rings is 1. The molecular weight excluding hydrogens is 420 g/mol. The largest absolute Gasteiger partial charge is 0.456 e. The van der Waals surface area contributed by atoms with E-state index in [0.717, 1.165) is 25.0 Å². The predicted octanol–water partition coefficient (Wildman–Crippen LogP) is 4.38. The first kappa shape index (κ1) is 20.2. The fourth-order valence-corrected chi connectivity index (χ4v) is 4.07. The molecule has 4 aromatic rings. The molecule has 0 atom stereocenters. The van der Waals surface area contributed by atoms with Gasteiger partial charge in [-0.3, -0.25) is 9.59 Å². The van der Waals surface area contributed by atoms with Crippen LogP contribution >= 0.6 is 0 Å². The fraction of sp³-hybridized carbons (Fsp3) is 0.261. The third kappa shape index (κ3) is 3.12. The van der Waals surface area contributed by atoms with Gasteiger partial charge in [-0.05, 0) is 43.0 Å². The van der Waals surface area contributed by atoms with Gasteiger partial charge in [0.2, 0.25) is 5.89 Å². The summed E-state index contributed by atoms with van der Waals surface area (Å²) in [6.45, 7) is 2.83. The minimum absolute atomic E-state index is 0.00929. The molecule has 2 aromatic heterocycles. The molecule has 9 heteroatoms. The number of hydrogen-bond donors (Lipinski definition) is 1. The number of nitrogens with zero attached hydrogens (tertiary/aromatic N) is 2. The van der Waals surface area contributed by atoms with Crippen molar-refractivity contribution >= 4 is 33.7 Å². The summed E-state index contributed by atoms with van der Waals surface area (Å²) in [5.41, 5.74) is 6.97. The second kappa shape index (κ2) is 7.15. The van der Waals surface area contributed by atoms with Crippen molar-refractivity contribution < 1.29 is 22.7 Å². The van der Waals surface area contributed by atoms with E-state index >= 15 is 0 Å². The number of carbonyl (C=O) groups is 1. The third-order valence-corrected chi connectivity index (χ3v) is 5.70. The van der Waals surface area contributed by atoms with Gasteiger partial charge in [0.15, 0.2) is 17.7 Å². The Morgan fingerprint density at radius 2 is 2.00 bits per heavy atom. The summed E-state index contributed by atoms with van der Waals surface area (Å²) in [7, 11) is 0. The van der Waals surface area contributed by atoms with Gasteiger partial charge in [0.05, 0.1) is 11.2 Å². The van der Waals surface area contributed by atoms with Gasteiger partial charge in [0, 0.05) is 30.0 Å². The number of fused-ring (bicyclic) bond motifs is 3. The minimum Gasteiger partial charge on any atom is -0.456 e. The monoisotopic (exact) mass is 439 g/mol. The van der Waals surface area contributed by atoms with Crippen molar-refractivity contribution in [1.29, 1.82) is 0 Å². The first-order valence-corrected chi connectivity index (χ1v) is 10.1. The number of benzene rings is 2. The van der Waals surface area contributed by atoms with Gasteiger partial charge in [0.1, 0.15) is 11.6 Å². The van der Waals surface area contributed by atoms with E-state index in [1.54, 1.807) is 23.6 Å². The summed E-state index contributed by atoms with van der Waals surface area (Å²) >= 11 is 0. The Hall–Kier alpha value is -3.75.